The van der Waals surface area contributed by atoms with E-state index in [2.05, 4.69) is 22.5 Å². The molecule has 0 unspecified atom stereocenters. The molecule has 2 rings (SSSR count). The van der Waals surface area contributed by atoms with Gasteiger partial charge in [-0.2, -0.15) is 0 Å². The summed E-state index contributed by atoms with van der Waals surface area (Å²) in [5.74, 6) is -0.364. The predicted octanol–water partition coefficient (Wildman–Crippen LogP) is 3.26. The largest absolute Gasteiger partial charge is 0.463 e. The predicted molar refractivity (Wildman–Crippen MR) is 104 cm³/mol. The van der Waals surface area contributed by atoms with Gasteiger partial charge in [0.15, 0.2) is 0 Å². The smallest absolute Gasteiger partial charge is 0.330 e. The zero-order chi connectivity index (χ0) is 18.8. The third-order valence-electron chi connectivity index (χ3n) is 4.49. The third kappa shape index (κ3) is 6.88. The lowest BCUT2D eigenvalue weighted by atomic mass is 10.0. The van der Waals surface area contributed by atoms with Gasteiger partial charge in [-0.05, 0) is 57.0 Å². The summed E-state index contributed by atoms with van der Waals surface area (Å²) in [6, 6.07) is 7.67. The van der Waals surface area contributed by atoms with Crippen LogP contribution in [0.15, 0.2) is 30.3 Å². The third-order valence-corrected chi connectivity index (χ3v) is 4.49. The molecule has 0 spiro atoms. The van der Waals surface area contributed by atoms with Crippen LogP contribution < -0.4 is 10.6 Å². The van der Waals surface area contributed by atoms with Crippen molar-refractivity contribution in [1.82, 2.24) is 10.2 Å². The normalized spacial score (nSPS) is 17.8. The second-order valence-electron chi connectivity index (χ2n) is 6.47. The van der Waals surface area contributed by atoms with Crippen molar-refractivity contribution in [3.63, 3.8) is 0 Å². The van der Waals surface area contributed by atoms with Gasteiger partial charge in [0.25, 0.3) is 0 Å². The maximum absolute atomic E-state index is 12.0. The van der Waals surface area contributed by atoms with E-state index in [1.165, 1.54) is 25.3 Å². The zero-order valence-corrected chi connectivity index (χ0v) is 15.7. The average Bonchev–Trinajstić information content (AvgIpc) is 2.63. The fourth-order valence-electron chi connectivity index (χ4n) is 3.01. The number of ether oxygens (including phenoxy) is 1. The summed E-state index contributed by atoms with van der Waals surface area (Å²) < 4.78 is 4.83. The Morgan fingerprint density at radius 2 is 2.04 bits per heavy atom. The second kappa shape index (κ2) is 10.6. The van der Waals surface area contributed by atoms with Crippen LogP contribution in [0.1, 0.15) is 38.7 Å². The van der Waals surface area contributed by atoms with E-state index < -0.39 is 0 Å². The Labute approximate surface area is 155 Å². The van der Waals surface area contributed by atoms with Crippen molar-refractivity contribution in [2.45, 2.75) is 39.2 Å². The Kier molecular flexibility index (Phi) is 8.15. The lowest BCUT2D eigenvalue weighted by Gasteiger charge is -2.33. The molecule has 6 nitrogen and oxygen atoms in total. The van der Waals surface area contributed by atoms with Crippen molar-refractivity contribution in [3.8, 4) is 0 Å². The van der Waals surface area contributed by atoms with Crippen LogP contribution in [0, 0.1) is 0 Å². The van der Waals surface area contributed by atoms with E-state index in [1.54, 1.807) is 25.1 Å². The van der Waals surface area contributed by atoms with Crippen LogP contribution >= 0.6 is 0 Å². The molecule has 1 aliphatic rings. The van der Waals surface area contributed by atoms with Crippen LogP contribution in [0.4, 0.5) is 10.5 Å². The van der Waals surface area contributed by atoms with E-state index in [1.807, 2.05) is 12.1 Å². The minimum absolute atomic E-state index is 0.204. The maximum Gasteiger partial charge on any atom is 0.330 e. The van der Waals surface area contributed by atoms with E-state index in [0.717, 1.165) is 18.7 Å². The summed E-state index contributed by atoms with van der Waals surface area (Å²) >= 11 is 0. The topological polar surface area (TPSA) is 70.7 Å². The molecule has 1 heterocycles. The number of piperidine rings is 1. The number of nitrogens with zero attached hydrogens (tertiary/aromatic N) is 1. The standard InChI is InChI=1S/C20H29N3O3/c1-3-26-19(24)12-9-17-7-10-18(11-8-17)22-20(25)21-13-15-23-14-5-4-6-16(23)2/h7-12,16H,3-6,13-15H2,1-2H3,(H2,21,22,25)/b12-9-/t16-/m0/s1. The zero-order valence-electron chi connectivity index (χ0n) is 15.7. The number of rotatable bonds is 7. The molecule has 0 aromatic heterocycles. The highest BCUT2D eigenvalue weighted by Gasteiger charge is 2.17. The molecule has 1 aromatic carbocycles. The Balaban J connectivity index is 1.72. The summed E-state index contributed by atoms with van der Waals surface area (Å²) in [7, 11) is 0. The van der Waals surface area contributed by atoms with Gasteiger partial charge in [-0.15, -0.1) is 0 Å². The molecule has 2 N–H and O–H groups in total. The minimum atomic E-state index is -0.364. The summed E-state index contributed by atoms with van der Waals surface area (Å²) in [5, 5.41) is 5.72. The number of urea groups is 1. The van der Waals surface area contributed by atoms with Gasteiger partial charge in [0.1, 0.15) is 0 Å². The Morgan fingerprint density at radius 3 is 2.73 bits per heavy atom. The molecule has 1 fully saturated rings. The number of nitrogens with one attached hydrogen (secondary N) is 2. The van der Waals surface area contributed by atoms with Crippen molar-refractivity contribution in [3.05, 3.63) is 35.9 Å². The van der Waals surface area contributed by atoms with Crippen LogP contribution in [0.5, 0.6) is 0 Å². The fourth-order valence-corrected chi connectivity index (χ4v) is 3.01. The average molecular weight is 359 g/mol. The van der Waals surface area contributed by atoms with Crippen LogP contribution in [-0.4, -0.2) is 49.2 Å². The first kappa shape index (κ1) is 20.0. The van der Waals surface area contributed by atoms with Crippen LogP contribution in [-0.2, 0) is 9.53 Å². The molecule has 1 atom stereocenters. The van der Waals surface area contributed by atoms with Crippen molar-refractivity contribution in [2.75, 3.05) is 31.6 Å². The fraction of sp³-hybridized carbons (Fsp3) is 0.500. The highest BCUT2D eigenvalue weighted by Crippen LogP contribution is 2.15. The maximum atomic E-state index is 12.0. The Morgan fingerprint density at radius 1 is 1.27 bits per heavy atom. The monoisotopic (exact) mass is 359 g/mol. The number of anilines is 1. The number of hydrogen-bond acceptors (Lipinski definition) is 4. The van der Waals surface area contributed by atoms with Crippen molar-refractivity contribution >= 4 is 23.8 Å². The van der Waals surface area contributed by atoms with E-state index in [0.29, 0.717) is 24.9 Å². The van der Waals surface area contributed by atoms with Crippen molar-refractivity contribution in [1.29, 1.82) is 0 Å². The van der Waals surface area contributed by atoms with Gasteiger partial charge in [0, 0.05) is 30.9 Å². The molecule has 1 saturated heterocycles. The molecule has 1 aromatic rings. The summed E-state index contributed by atoms with van der Waals surface area (Å²) in [4.78, 5) is 25.7. The lowest BCUT2D eigenvalue weighted by Crippen LogP contribution is -2.43. The van der Waals surface area contributed by atoms with Crippen LogP contribution in [0.25, 0.3) is 6.08 Å². The van der Waals surface area contributed by atoms with E-state index in [4.69, 9.17) is 4.74 Å². The first-order valence-electron chi connectivity index (χ1n) is 9.32. The first-order valence-corrected chi connectivity index (χ1v) is 9.32. The van der Waals surface area contributed by atoms with E-state index in [-0.39, 0.29) is 12.0 Å². The summed E-state index contributed by atoms with van der Waals surface area (Å²) in [5.41, 5.74) is 1.57. The molecule has 0 aliphatic carbocycles. The molecule has 26 heavy (non-hydrogen) atoms. The van der Waals surface area contributed by atoms with E-state index in [9.17, 15) is 9.59 Å². The number of esters is 1. The quantitative estimate of drug-likeness (QED) is 0.579. The molecule has 0 bridgehead atoms. The molecular formula is C20H29N3O3. The number of carbonyl (C=O) groups excluding carboxylic acids is 2. The molecule has 2 amide bonds. The van der Waals surface area contributed by atoms with E-state index >= 15 is 0 Å². The van der Waals surface area contributed by atoms with Gasteiger partial charge in [-0.3, -0.25) is 4.90 Å². The molecule has 0 radical (unpaired) electrons. The summed E-state index contributed by atoms with van der Waals surface area (Å²) in [6.45, 7) is 7.01. The Hall–Kier alpha value is -2.34. The first-order chi connectivity index (χ1) is 12.6. The van der Waals surface area contributed by atoms with Gasteiger partial charge < -0.3 is 15.4 Å². The van der Waals surface area contributed by atoms with Gasteiger partial charge in [-0.25, -0.2) is 9.59 Å². The summed E-state index contributed by atoms with van der Waals surface area (Å²) in [6.07, 6.45) is 6.86. The van der Waals surface area contributed by atoms with Gasteiger partial charge in [0.05, 0.1) is 6.61 Å². The molecule has 0 saturated carbocycles. The SMILES string of the molecule is CCOC(=O)/C=C\c1ccc(NC(=O)NCCN2CCCC[C@@H]2C)cc1. The van der Waals surface area contributed by atoms with Crippen LogP contribution in [0.3, 0.4) is 0 Å². The van der Waals surface area contributed by atoms with Gasteiger partial charge in [-0.1, -0.05) is 18.6 Å². The van der Waals surface area contributed by atoms with Crippen molar-refractivity contribution < 1.29 is 14.3 Å². The molecule has 6 heteroatoms. The minimum Gasteiger partial charge on any atom is -0.463 e. The van der Waals surface area contributed by atoms with Gasteiger partial charge >= 0.3 is 12.0 Å². The van der Waals surface area contributed by atoms with Gasteiger partial charge in [0.2, 0.25) is 0 Å². The van der Waals surface area contributed by atoms with Crippen molar-refractivity contribution in [2.24, 2.45) is 0 Å². The number of likely N-dealkylation sites (tertiary alicyclic amines) is 1. The number of hydrogen-bond donors (Lipinski definition) is 2. The highest BCUT2D eigenvalue weighted by molar-refractivity contribution is 5.90. The number of carbonyl (C=O) groups is 2. The number of benzene rings is 1. The number of amides is 2. The molecular weight excluding hydrogens is 330 g/mol. The Bertz CT molecular complexity index is 613. The highest BCUT2D eigenvalue weighted by atomic mass is 16.5. The lowest BCUT2D eigenvalue weighted by molar-refractivity contribution is -0.137. The molecule has 142 valence electrons. The second-order valence-corrected chi connectivity index (χ2v) is 6.47. The van der Waals surface area contributed by atoms with Crippen LogP contribution in [0.2, 0.25) is 0 Å². The molecule has 1 aliphatic heterocycles.